The number of rotatable bonds is 6. The molecule has 0 aliphatic carbocycles. The molecule has 0 radical (unpaired) electrons. The van der Waals surface area contributed by atoms with Crippen molar-refractivity contribution in [2.24, 2.45) is 4.99 Å². The molecule has 0 spiro atoms. The topological polar surface area (TPSA) is 70.6 Å². The average molecular weight is 392 g/mol. The first-order valence-corrected chi connectivity index (χ1v) is 9.86. The summed E-state index contributed by atoms with van der Waals surface area (Å²) in [5, 5.41) is 6.95. The molecule has 2 unspecified atom stereocenters. The summed E-state index contributed by atoms with van der Waals surface area (Å²) in [7, 11) is 7.29. The molecule has 2 N–H and O–H groups in total. The van der Waals surface area contributed by atoms with Gasteiger partial charge in [0.2, 0.25) is 0 Å². The minimum absolute atomic E-state index is 0.196. The minimum Gasteiger partial charge on any atom is -0.497 e. The number of anilines is 1. The molecule has 2 atom stereocenters. The highest BCUT2D eigenvalue weighted by molar-refractivity contribution is 5.80. The lowest BCUT2D eigenvalue weighted by Gasteiger charge is -2.30. The number of hydrogen-bond donors (Lipinski definition) is 2. The van der Waals surface area contributed by atoms with Crippen LogP contribution in [0.15, 0.2) is 23.2 Å². The molecule has 0 aromatic heterocycles. The molecule has 2 aliphatic heterocycles. The summed E-state index contributed by atoms with van der Waals surface area (Å²) in [4.78, 5) is 9.01. The number of aliphatic imine (C=N–C) groups is 1. The van der Waals surface area contributed by atoms with Crippen molar-refractivity contribution in [1.82, 2.24) is 15.5 Å². The second-order valence-corrected chi connectivity index (χ2v) is 7.35. The Morgan fingerprint density at radius 1 is 1.18 bits per heavy atom. The van der Waals surface area contributed by atoms with Gasteiger partial charge in [-0.25, -0.2) is 0 Å². The van der Waals surface area contributed by atoms with E-state index < -0.39 is 0 Å². The van der Waals surface area contributed by atoms with E-state index in [2.05, 4.69) is 44.6 Å². The molecule has 0 amide bonds. The highest BCUT2D eigenvalue weighted by Gasteiger charge is 2.25. The summed E-state index contributed by atoms with van der Waals surface area (Å²) in [6.45, 7) is 5.36. The largest absolute Gasteiger partial charge is 0.497 e. The minimum atomic E-state index is 0.196. The number of nitrogens with zero attached hydrogens (tertiary/aromatic N) is 3. The molecule has 0 bridgehead atoms. The predicted molar refractivity (Wildman–Crippen MR) is 112 cm³/mol. The van der Waals surface area contributed by atoms with Crippen LogP contribution >= 0.6 is 0 Å². The molecule has 28 heavy (non-hydrogen) atoms. The van der Waals surface area contributed by atoms with Gasteiger partial charge in [0, 0.05) is 69.7 Å². The van der Waals surface area contributed by atoms with Gasteiger partial charge in [-0.05, 0) is 13.5 Å². The Balaban J connectivity index is 1.52. The third-order valence-electron chi connectivity index (χ3n) is 5.29. The first-order valence-electron chi connectivity index (χ1n) is 9.86. The van der Waals surface area contributed by atoms with Crippen molar-refractivity contribution in [3.63, 3.8) is 0 Å². The zero-order valence-electron chi connectivity index (χ0n) is 17.4. The zero-order chi connectivity index (χ0) is 19.9. The van der Waals surface area contributed by atoms with Crippen molar-refractivity contribution in [2.75, 3.05) is 72.5 Å². The van der Waals surface area contributed by atoms with Crippen LogP contribution in [0.25, 0.3) is 0 Å². The Morgan fingerprint density at radius 3 is 2.57 bits per heavy atom. The van der Waals surface area contributed by atoms with Crippen molar-refractivity contribution < 1.29 is 14.2 Å². The van der Waals surface area contributed by atoms with E-state index in [0.717, 1.165) is 68.9 Å². The van der Waals surface area contributed by atoms with Gasteiger partial charge in [-0.3, -0.25) is 4.99 Å². The van der Waals surface area contributed by atoms with E-state index in [4.69, 9.17) is 14.2 Å². The fraction of sp³-hybridized carbons (Fsp3) is 0.650. The van der Waals surface area contributed by atoms with Crippen LogP contribution in [0.5, 0.6) is 11.5 Å². The average Bonchev–Trinajstić information content (AvgIpc) is 3.19. The van der Waals surface area contributed by atoms with Crippen LogP contribution < -0.4 is 25.0 Å². The van der Waals surface area contributed by atoms with Crippen LogP contribution in [-0.2, 0) is 4.74 Å². The van der Waals surface area contributed by atoms with E-state index in [-0.39, 0.29) is 6.10 Å². The Kier molecular flexibility index (Phi) is 7.22. The lowest BCUT2D eigenvalue weighted by atomic mass is 10.2. The van der Waals surface area contributed by atoms with Crippen molar-refractivity contribution in [3.05, 3.63) is 18.2 Å². The van der Waals surface area contributed by atoms with E-state index in [1.165, 1.54) is 0 Å². The van der Waals surface area contributed by atoms with E-state index in [1.54, 1.807) is 14.2 Å². The molecule has 156 valence electrons. The van der Waals surface area contributed by atoms with Crippen molar-refractivity contribution in [1.29, 1.82) is 0 Å². The molecule has 8 nitrogen and oxygen atoms in total. The second kappa shape index (κ2) is 9.84. The number of nitrogens with one attached hydrogen (secondary N) is 2. The highest BCUT2D eigenvalue weighted by Crippen LogP contribution is 2.30. The Morgan fingerprint density at radius 2 is 1.93 bits per heavy atom. The molecule has 3 rings (SSSR count). The smallest absolute Gasteiger partial charge is 0.191 e. The molecule has 1 aromatic rings. The molecular weight excluding hydrogens is 358 g/mol. The van der Waals surface area contributed by atoms with Crippen LogP contribution in [0.3, 0.4) is 0 Å². The Hall–Kier alpha value is -2.19. The Labute approximate surface area is 167 Å². The summed E-state index contributed by atoms with van der Waals surface area (Å²) in [5.41, 5.74) is 1.11. The van der Waals surface area contributed by atoms with E-state index >= 15 is 0 Å². The van der Waals surface area contributed by atoms with Gasteiger partial charge in [0.15, 0.2) is 5.96 Å². The normalized spacial score (nSPS) is 23.6. The van der Waals surface area contributed by atoms with Gasteiger partial charge >= 0.3 is 0 Å². The van der Waals surface area contributed by atoms with Crippen LogP contribution in [-0.4, -0.2) is 90.7 Å². The van der Waals surface area contributed by atoms with E-state index in [9.17, 15) is 0 Å². The van der Waals surface area contributed by atoms with Gasteiger partial charge in [-0.15, -0.1) is 0 Å². The van der Waals surface area contributed by atoms with Crippen molar-refractivity contribution in [3.8, 4) is 11.5 Å². The van der Waals surface area contributed by atoms with E-state index in [0.29, 0.717) is 6.04 Å². The van der Waals surface area contributed by atoms with Gasteiger partial charge in [0.05, 0.1) is 26.9 Å². The summed E-state index contributed by atoms with van der Waals surface area (Å²) in [5.74, 6) is 2.44. The molecule has 2 fully saturated rings. The fourth-order valence-electron chi connectivity index (χ4n) is 3.68. The van der Waals surface area contributed by atoms with Gasteiger partial charge in [-0.2, -0.15) is 0 Å². The fourth-order valence-corrected chi connectivity index (χ4v) is 3.68. The number of morpholine rings is 1. The third kappa shape index (κ3) is 5.42. The van der Waals surface area contributed by atoms with Gasteiger partial charge in [-0.1, -0.05) is 0 Å². The van der Waals surface area contributed by atoms with Crippen LogP contribution in [0, 0.1) is 0 Å². The summed E-state index contributed by atoms with van der Waals surface area (Å²) < 4.78 is 16.6. The lowest BCUT2D eigenvalue weighted by molar-refractivity contribution is -0.0161. The number of hydrogen-bond acceptors (Lipinski definition) is 6. The maximum absolute atomic E-state index is 5.81. The zero-order valence-corrected chi connectivity index (χ0v) is 17.4. The maximum Gasteiger partial charge on any atom is 0.191 e. The Bertz CT molecular complexity index is 647. The van der Waals surface area contributed by atoms with Crippen molar-refractivity contribution >= 4 is 11.6 Å². The lowest BCUT2D eigenvalue weighted by Crippen LogP contribution is -2.50. The summed E-state index contributed by atoms with van der Waals surface area (Å²) >= 11 is 0. The monoisotopic (exact) mass is 391 g/mol. The van der Waals surface area contributed by atoms with E-state index in [1.807, 2.05) is 13.1 Å². The first kappa shape index (κ1) is 20.5. The number of guanidine groups is 1. The molecule has 2 saturated heterocycles. The van der Waals surface area contributed by atoms with Crippen molar-refractivity contribution in [2.45, 2.75) is 18.6 Å². The van der Waals surface area contributed by atoms with Gasteiger partial charge in [0.25, 0.3) is 0 Å². The number of methoxy groups -OCH3 is 2. The van der Waals surface area contributed by atoms with Gasteiger partial charge < -0.3 is 34.6 Å². The van der Waals surface area contributed by atoms with Crippen LogP contribution in [0.1, 0.15) is 6.42 Å². The number of likely N-dealkylation sites (N-methyl/N-ethyl adjacent to an activating group) is 1. The molecular formula is C20H33N5O3. The molecule has 0 saturated carbocycles. The number of benzene rings is 1. The quantitative estimate of drug-likeness (QED) is 0.548. The molecule has 2 aliphatic rings. The maximum atomic E-state index is 5.81. The summed E-state index contributed by atoms with van der Waals surface area (Å²) in [6, 6.07) is 6.33. The number of ether oxygens (including phenoxy) is 3. The van der Waals surface area contributed by atoms with Crippen LogP contribution in [0.2, 0.25) is 0 Å². The standard InChI is InChI=1S/C20H33N5O3/c1-21-20(22-12-19-14-24(2)7-8-28-19)23-15-5-6-25(13-15)16-9-17(26-3)11-18(10-16)27-4/h9-11,15,19H,5-8,12-14H2,1-4H3,(H2,21,22,23). The second-order valence-electron chi connectivity index (χ2n) is 7.35. The third-order valence-corrected chi connectivity index (χ3v) is 5.29. The molecule has 1 aromatic carbocycles. The van der Waals surface area contributed by atoms with Gasteiger partial charge in [0.1, 0.15) is 11.5 Å². The molecule has 8 heteroatoms. The SMILES string of the molecule is CN=C(NCC1CN(C)CCO1)NC1CCN(c2cc(OC)cc(OC)c2)C1. The summed E-state index contributed by atoms with van der Waals surface area (Å²) in [6.07, 6.45) is 1.24. The van der Waals surface area contributed by atoms with Crippen LogP contribution in [0.4, 0.5) is 5.69 Å². The first-order chi connectivity index (χ1) is 13.6. The highest BCUT2D eigenvalue weighted by atomic mass is 16.5. The predicted octanol–water partition coefficient (Wildman–Crippen LogP) is 0.778. The molecule has 2 heterocycles.